The Kier molecular flexibility index (Phi) is 3.73. The average Bonchev–Trinajstić information content (AvgIpc) is 2.19. The monoisotopic (exact) mass is 214 g/mol. The lowest BCUT2D eigenvalue weighted by Gasteiger charge is -2.45. The van der Waals surface area contributed by atoms with E-state index in [1.165, 1.54) is 0 Å². The van der Waals surface area contributed by atoms with Crippen LogP contribution in [0.1, 0.15) is 34.1 Å². The summed E-state index contributed by atoms with van der Waals surface area (Å²) in [6.07, 6.45) is 0.944. The molecular formula is C11H22N2O2. The second-order valence-corrected chi connectivity index (χ2v) is 4.99. The van der Waals surface area contributed by atoms with E-state index in [9.17, 15) is 4.79 Å². The van der Waals surface area contributed by atoms with E-state index < -0.39 is 6.04 Å². The first-order valence-corrected chi connectivity index (χ1v) is 5.60. The zero-order chi connectivity index (χ0) is 11.6. The molecule has 2 unspecified atom stereocenters. The number of aliphatic hydroxyl groups excluding tert-OH is 1. The minimum absolute atomic E-state index is 0.0196. The molecule has 1 heterocycles. The minimum atomic E-state index is -0.442. The third-order valence-corrected chi connectivity index (χ3v) is 3.02. The first-order chi connectivity index (χ1) is 6.91. The van der Waals surface area contributed by atoms with Crippen LogP contribution in [0.25, 0.3) is 0 Å². The highest BCUT2D eigenvalue weighted by Crippen LogP contribution is 2.18. The molecule has 0 radical (unpaired) electrons. The van der Waals surface area contributed by atoms with E-state index >= 15 is 0 Å². The van der Waals surface area contributed by atoms with Crippen LogP contribution in [-0.4, -0.2) is 46.7 Å². The number of rotatable bonds is 3. The van der Waals surface area contributed by atoms with Crippen LogP contribution in [-0.2, 0) is 4.79 Å². The third kappa shape index (κ3) is 2.69. The van der Waals surface area contributed by atoms with Crippen LogP contribution >= 0.6 is 0 Å². The molecule has 1 aliphatic rings. The molecule has 15 heavy (non-hydrogen) atoms. The second kappa shape index (κ2) is 4.49. The van der Waals surface area contributed by atoms with Crippen molar-refractivity contribution in [2.24, 2.45) is 0 Å². The number of nitrogens with zero attached hydrogens (tertiary/aromatic N) is 1. The van der Waals surface area contributed by atoms with Gasteiger partial charge in [0.1, 0.15) is 6.04 Å². The summed E-state index contributed by atoms with van der Waals surface area (Å²) in [7, 11) is 0. The zero-order valence-electron chi connectivity index (χ0n) is 10.1. The largest absolute Gasteiger partial charge is 0.394 e. The standard InChI is InChI=1S/C11H22N2O2/c1-5-8(2)13-7-11(3,4)12-9(6-14)10(13)15/h8-9,12,14H,5-7H2,1-4H3. The summed E-state index contributed by atoms with van der Waals surface area (Å²) in [4.78, 5) is 13.8. The Morgan fingerprint density at radius 2 is 2.27 bits per heavy atom. The highest BCUT2D eigenvalue weighted by Gasteiger charge is 2.38. The van der Waals surface area contributed by atoms with E-state index in [-0.39, 0.29) is 24.1 Å². The minimum Gasteiger partial charge on any atom is -0.394 e. The molecule has 4 heteroatoms. The Bertz CT molecular complexity index is 241. The summed E-state index contributed by atoms with van der Waals surface area (Å²) in [5, 5.41) is 12.3. The topological polar surface area (TPSA) is 52.6 Å². The SMILES string of the molecule is CCC(C)N1CC(C)(C)NC(CO)C1=O. The van der Waals surface area contributed by atoms with E-state index in [0.29, 0.717) is 6.54 Å². The van der Waals surface area contributed by atoms with Crippen LogP contribution in [0.4, 0.5) is 0 Å². The van der Waals surface area contributed by atoms with Gasteiger partial charge in [-0.05, 0) is 27.2 Å². The van der Waals surface area contributed by atoms with Crippen molar-refractivity contribution in [1.29, 1.82) is 0 Å². The molecule has 88 valence electrons. The number of carbonyl (C=O) groups excluding carboxylic acids is 1. The molecule has 1 amide bonds. The molecule has 2 atom stereocenters. The highest BCUT2D eigenvalue weighted by atomic mass is 16.3. The number of hydrogen-bond donors (Lipinski definition) is 2. The van der Waals surface area contributed by atoms with Crippen molar-refractivity contribution in [3.63, 3.8) is 0 Å². The number of aliphatic hydroxyl groups is 1. The van der Waals surface area contributed by atoms with Crippen LogP contribution in [0.5, 0.6) is 0 Å². The molecule has 0 spiro atoms. The molecule has 0 aromatic heterocycles. The first-order valence-electron chi connectivity index (χ1n) is 5.60. The predicted octanol–water partition coefficient (Wildman–Crippen LogP) is 0.356. The molecule has 1 aliphatic heterocycles. The number of nitrogens with one attached hydrogen (secondary N) is 1. The molecule has 1 rings (SSSR count). The fraction of sp³-hybridized carbons (Fsp3) is 0.909. The predicted molar refractivity (Wildman–Crippen MR) is 59.6 cm³/mol. The van der Waals surface area contributed by atoms with Crippen molar-refractivity contribution < 1.29 is 9.90 Å². The van der Waals surface area contributed by atoms with E-state index in [2.05, 4.69) is 26.1 Å². The maximum Gasteiger partial charge on any atom is 0.242 e. The Morgan fingerprint density at radius 1 is 1.67 bits per heavy atom. The maximum atomic E-state index is 11.9. The summed E-state index contributed by atoms with van der Waals surface area (Å²) in [5.41, 5.74) is -0.120. The Balaban J connectivity index is 2.82. The van der Waals surface area contributed by atoms with Crippen molar-refractivity contribution in [3.05, 3.63) is 0 Å². The van der Waals surface area contributed by atoms with Crippen molar-refractivity contribution >= 4 is 5.91 Å². The molecule has 1 fully saturated rings. The van der Waals surface area contributed by atoms with Gasteiger partial charge in [-0.25, -0.2) is 0 Å². The fourth-order valence-electron chi connectivity index (χ4n) is 2.00. The van der Waals surface area contributed by atoms with Crippen LogP contribution < -0.4 is 5.32 Å². The Morgan fingerprint density at radius 3 is 2.73 bits per heavy atom. The molecular weight excluding hydrogens is 192 g/mol. The van der Waals surface area contributed by atoms with Gasteiger partial charge in [-0.1, -0.05) is 6.92 Å². The lowest BCUT2D eigenvalue weighted by atomic mass is 9.96. The average molecular weight is 214 g/mol. The fourth-order valence-corrected chi connectivity index (χ4v) is 2.00. The highest BCUT2D eigenvalue weighted by molar-refractivity contribution is 5.83. The summed E-state index contributed by atoms with van der Waals surface area (Å²) in [6, 6.07) is -0.198. The van der Waals surface area contributed by atoms with Crippen LogP contribution in [0.2, 0.25) is 0 Å². The van der Waals surface area contributed by atoms with Crippen molar-refractivity contribution in [2.45, 2.75) is 51.7 Å². The molecule has 4 nitrogen and oxygen atoms in total. The smallest absolute Gasteiger partial charge is 0.242 e. The quantitative estimate of drug-likeness (QED) is 0.713. The van der Waals surface area contributed by atoms with Gasteiger partial charge >= 0.3 is 0 Å². The van der Waals surface area contributed by atoms with E-state index in [4.69, 9.17) is 5.11 Å². The first kappa shape index (κ1) is 12.5. The number of carbonyl (C=O) groups is 1. The van der Waals surface area contributed by atoms with Crippen molar-refractivity contribution in [2.75, 3.05) is 13.2 Å². The Hall–Kier alpha value is -0.610. The van der Waals surface area contributed by atoms with E-state index in [1.807, 2.05) is 11.8 Å². The molecule has 0 bridgehead atoms. The molecule has 0 aromatic rings. The van der Waals surface area contributed by atoms with Gasteiger partial charge in [0.25, 0.3) is 0 Å². The van der Waals surface area contributed by atoms with E-state index in [1.54, 1.807) is 0 Å². The normalized spacial score (nSPS) is 27.9. The van der Waals surface area contributed by atoms with Gasteiger partial charge in [-0.15, -0.1) is 0 Å². The van der Waals surface area contributed by atoms with Gasteiger partial charge in [0.2, 0.25) is 5.91 Å². The van der Waals surface area contributed by atoms with Gasteiger partial charge < -0.3 is 10.0 Å². The molecule has 2 N–H and O–H groups in total. The lowest BCUT2D eigenvalue weighted by molar-refractivity contribution is -0.142. The molecule has 0 aliphatic carbocycles. The molecule has 1 saturated heterocycles. The van der Waals surface area contributed by atoms with Gasteiger partial charge in [-0.2, -0.15) is 0 Å². The summed E-state index contributed by atoms with van der Waals surface area (Å²) >= 11 is 0. The third-order valence-electron chi connectivity index (χ3n) is 3.02. The van der Waals surface area contributed by atoms with Crippen molar-refractivity contribution in [3.8, 4) is 0 Å². The lowest BCUT2D eigenvalue weighted by Crippen LogP contribution is -2.67. The number of amides is 1. The summed E-state index contributed by atoms with van der Waals surface area (Å²) < 4.78 is 0. The number of piperazine rings is 1. The van der Waals surface area contributed by atoms with Gasteiger partial charge in [0.15, 0.2) is 0 Å². The van der Waals surface area contributed by atoms with Crippen LogP contribution in [0, 0.1) is 0 Å². The van der Waals surface area contributed by atoms with E-state index in [0.717, 1.165) is 6.42 Å². The second-order valence-electron chi connectivity index (χ2n) is 4.99. The molecule has 0 saturated carbocycles. The molecule has 0 aromatic carbocycles. The Labute approximate surface area is 91.6 Å². The van der Waals surface area contributed by atoms with Gasteiger partial charge in [0, 0.05) is 18.1 Å². The number of hydrogen-bond acceptors (Lipinski definition) is 3. The maximum absolute atomic E-state index is 11.9. The summed E-state index contributed by atoms with van der Waals surface area (Å²) in [5.74, 6) is 0.0196. The van der Waals surface area contributed by atoms with Gasteiger partial charge in [0.05, 0.1) is 6.61 Å². The van der Waals surface area contributed by atoms with Gasteiger partial charge in [-0.3, -0.25) is 10.1 Å². The van der Waals surface area contributed by atoms with Crippen molar-refractivity contribution in [1.82, 2.24) is 10.2 Å². The van der Waals surface area contributed by atoms with Crippen LogP contribution in [0.3, 0.4) is 0 Å². The summed E-state index contributed by atoms with van der Waals surface area (Å²) in [6.45, 7) is 8.80. The van der Waals surface area contributed by atoms with Crippen LogP contribution in [0.15, 0.2) is 0 Å². The zero-order valence-corrected chi connectivity index (χ0v) is 10.1.